The predicted molar refractivity (Wildman–Crippen MR) is 112 cm³/mol. The van der Waals surface area contributed by atoms with Crippen molar-refractivity contribution in [3.05, 3.63) is 0 Å². The molecule has 3 unspecified atom stereocenters. The second-order valence-electron chi connectivity index (χ2n) is 7.44. The van der Waals surface area contributed by atoms with Crippen molar-refractivity contribution in [2.45, 2.75) is 13.3 Å². The molecule has 0 amide bonds. The summed E-state index contributed by atoms with van der Waals surface area (Å²) in [5.41, 5.74) is 0. The van der Waals surface area contributed by atoms with Crippen molar-refractivity contribution >= 4 is 28.7 Å². The lowest BCUT2D eigenvalue weighted by Crippen LogP contribution is -2.37. The Balaban J connectivity index is 2.85. The smallest absolute Gasteiger partial charge is 0.238 e. The van der Waals surface area contributed by atoms with Gasteiger partial charge in [-0.1, -0.05) is 0 Å². The first-order valence-electron chi connectivity index (χ1n) is 9.40. The van der Waals surface area contributed by atoms with Crippen LogP contribution in [0.1, 0.15) is 13.3 Å². The molecule has 14 heteroatoms. The Morgan fingerprint density at radius 3 is 1.76 bits per heavy atom. The Hall–Kier alpha value is 0.240. The Morgan fingerprint density at radius 2 is 1.34 bits per heavy atom. The Morgan fingerprint density at radius 1 is 0.897 bits per heavy atom. The van der Waals surface area contributed by atoms with Gasteiger partial charge in [-0.05, 0) is 6.92 Å². The number of ketones is 1. The first kappa shape index (κ1) is 27.3. The van der Waals surface area contributed by atoms with Crippen LogP contribution in [0.5, 0.6) is 0 Å². The SMILES string of the molecule is CC(=O)CCP(=O)(O)CN1CCN(CP(O)CO)CCN(CP(=O)(O)CO)CC1. The van der Waals surface area contributed by atoms with Crippen LogP contribution in [-0.2, 0) is 13.9 Å². The van der Waals surface area contributed by atoms with E-state index in [-0.39, 0.29) is 43.6 Å². The van der Waals surface area contributed by atoms with Crippen LogP contribution in [0.15, 0.2) is 0 Å². The lowest BCUT2D eigenvalue weighted by atomic mass is 10.4. The number of carbonyl (C=O) groups excluding carboxylic acids is 1. The van der Waals surface area contributed by atoms with Gasteiger partial charge in [-0.25, -0.2) is 0 Å². The zero-order valence-electron chi connectivity index (χ0n) is 16.8. The summed E-state index contributed by atoms with van der Waals surface area (Å²) >= 11 is 0. The van der Waals surface area contributed by atoms with Crippen LogP contribution >= 0.6 is 22.9 Å². The minimum Gasteiger partial charge on any atom is -0.389 e. The zero-order valence-corrected chi connectivity index (χ0v) is 19.5. The summed E-state index contributed by atoms with van der Waals surface area (Å²) in [6, 6.07) is 0. The Labute approximate surface area is 173 Å². The molecule has 1 rings (SSSR count). The second kappa shape index (κ2) is 12.9. The molecule has 1 fully saturated rings. The van der Waals surface area contributed by atoms with Gasteiger partial charge >= 0.3 is 0 Å². The summed E-state index contributed by atoms with van der Waals surface area (Å²) in [5.74, 6) is -0.149. The summed E-state index contributed by atoms with van der Waals surface area (Å²) < 4.78 is 24.4. The topological polar surface area (TPSA) is 162 Å². The molecule has 5 N–H and O–H groups in total. The van der Waals surface area contributed by atoms with E-state index < -0.39 is 29.2 Å². The van der Waals surface area contributed by atoms with Crippen LogP contribution < -0.4 is 0 Å². The molecule has 1 aliphatic rings. The average molecular weight is 477 g/mol. The number of Topliss-reactive ketones (excluding diaryl/α,β-unsaturated/α-hetero) is 1. The second-order valence-corrected chi connectivity index (χ2v) is 13.7. The van der Waals surface area contributed by atoms with Crippen molar-refractivity contribution in [2.75, 3.05) is 77.0 Å². The van der Waals surface area contributed by atoms with Gasteiger partial charge in [0, 0.05) is 58.1 Å². The Kier molecular flexibility index (Phi) is 12.2. The summed E-state index contributed by atoms with van der Waals surface area (Å²) in [7, 11) is -8.82. The zero-order chi connectivity index (χ0) is 22.1. The summed E-state index contributed by atoms with van der Waals surface area (Å²) in [6.07, 6.45) is -1.21. The molecule has 0 aromatic carbocycles. The molecule has 3 atom stereocenters. The van der Waals surface area contributed by atoms with Crippen molar-refractivity contribution in [2.24, 2.45) is 0 Å². The maximum atomic E-state index is 12.5. The summed E-state index contributed by atoms with van der Waals surface area (Å²) in [6.45, 7) is 3.99. The van der Waals surface area contributed by atoms with E-state index in [4.69, 9.17) is 10.2 Å². The highest BCUT2D eigenvalue weighted by Crippen LogP contribution is 2.42. The minimum atomic E-state index is -3.71. The molecule has 1 heterocycles. The minimum absolute atomic E-state index is 0.0371. The van der Waals surface area contributed by atoms with Gasteiger partial charge in [0.05, 0.1) is 27.1 Å². The molecule has 0 aliphatic carbocycles. The van der Waals surface area contributed by atoms with Crippen molar-refractivity contribution < 1.29 is 38.8 Å². The Bertz CT molecular complexity index is 611. The standard InChI is InChI=1S/C15H34N3O8P3/c1-15(21)2-9-28(23,24)11-17-5-3-16(10-27(22)13-19)4-6-18(8-7-17)12-29(25,26)14-20/h19-20,22H,2-14H2,1H3,(H,23,24)(H,25,26). The molecule has 0 saturated carbocycles. The quantitative estimate of drug-likeness (QED) is 0.246. The molecule has 0 aromatic heterocycles. The van der Waals surface area contributed by atoms with E-state index in [1.807, 2.05) is 4.90 Å². The third-order valence-corrected chi connectivity index (χ3v) is 8.70. The fourth-order valence-electron chi connectivity index (χ4n) is 2.96. The van der Waals surface area contributed by atoms with E-state index in [1.165, 1.54) is 6.92 Å². The van der Waals surface area contributed by atoms with E-state index in [1.54, 1.807) is 9.80 Å². The van der Waals surface area contributed by atoms with Crippen molar-refractivity contribution in [1.29, 1.82) is 0 Å². The molecule has 1 aliphatic heterocycles. The van der Waals surface area contributed by atoms with E-state index in [0.29, 0.717) is 39.3 Å². The van der Waals surface area contributed by atoms with Gasteiger partial charge < -0.3 is 29.7 Å². The third-order valence-electron chi connectivity index (χ3n) is 4.60. The maximum absolute atomic E-state index is 12.5. The van der Waals surface area contributed by atoms with Crippen LogP contribution in [0.3, 0.4) is 0 Å². The maximum Gasteiger partial charge on any atom is 0.238 e. The van der Waals surface area contributed by atoms with Gasteiger partial charge in [0.15, 0.2) is 0 Å². The summed E-state index contributed by atoms with van der Waals surface area (Å²) in [4.78, 5) is 46.4. The van der Waals surface area contributed by atoms with Gasteiger partial charge in [0.25, 0.3) is 0 Å². The number of aliphatic hydroxyl groups excluding tert-OH is 2. The molecule has 0 aromatic rings. The molecule has 0 spiro atoms. The molecular weight excluding hydrogens is 443 g/mol. The molecule has 29 heavy (non-hydrogen) atoms. The van der Waals surface area contributed by atoms with Crippen molar-refractivity contribution in [3.8, 4) is 0 Å². The van der Waals surface area contributed by atoms with Crippen LogP contribution in [0.4, 0.5) is 0 Å². The third kappa shape index (κ3) is 12.0. The lowest BCUT2D eigenvalue weighted by Gasteiger charge is -2.28. The number of hydrogen-bond acceptors (Lipinski definition) is 9. The fraction of sp³-hybridized carbons (Fsp3) is 0.933. The number of rotatable bonds is 11. The average Bonchev–Trinajstić information content (AvgIpc) is 2.72. The first-order valence-corrected chi connectivity index (χ1v) is 15.1. The normalized spacial score (nSPS) is 23.4. The van der Waals surface area contributed by atoms with E-state index in [0.717, 1.165) is 0 Å². The van der Waals surface area contributed by atoms with E-state index >= 15 is 0 Å². The van der Waals surface area contributed by atoms with Crippen molar-refractivity contribution in [3.63, 3.8) is 0 Å². The highest BCUT2D eigenvalue weighted by Gasteiger charge is 2.27. The molecule has 0 radical (unpaired) electrons. The van der Waals surface area contributed by atoms with Crippen LogP contribution in [0, 0.1) is 0 Å². The number of carbonyl (C=O) groups is 1. The monoisotopic (exact) mass is 477 g/mol. The number of aliphatic hydroxyl groups is 2. The predicted octanol–water partition coefficient (Wildman–Crippen LogP) is -0.413. The van der Waals surface area contributed by atoms with Crippen LogP contribution in [0.25, 0.3) is 0 Å². The molecule has 11 nitrogen and oxygen atoms in total. The van der Waals surface area contributed by atoms with E-state index in [2.05, 4.69) is 0 Å². The number of nitrogens with zero attached hydrogens (tertiary/aromatic N) is 3. The highest BCUT2D eigenvalue weighted by molar-refractivity contribution is 7.58. The highest BCUT2D eigenvalue weighted by atomic mass is 31.2. The summed E-state index contributed by atoms with van der Waals surface area (Å²) in [5, 5.41) is 18.2. The van der Waals surface area contributed by atoms with Crippen LogP contribution in [0.2, 0.25) is 0 Å². The first-order chi connectivity index (χ1) is 13.5. The molecular formula is C15H34N3O8P3. The van der Waals surface area contributed by atoms with Gasteiger partial charge in [-0.15, -0.1) is 0 Å². The van der Waals surface area contributed by atoms with Gasteiger partial charge in [0.1, 0.15) is 12.1 Å². The van der Waals surface area contributed by atoms with Crippen molar-refractivity contribution in [1.82, 2.24) is 14.7 Å². The van der Waals surface area contributed by atoms with E-state index in [9.17, 15) is 28.6 Å². The fourth-order valence-corrected chi connectivity index (χ4v) is 6.50. The molecule has 172 valence electrons. The lowest BCUT2D eigenvalue weighted by molar-refractivity contribution is -0.116. The number of hydrogen-bond donors (Lipinski definition) is 5. The largest absolute Gasteiger partial charge is 0.389 e. The van der Waals surface area contributed by atoms with Gasteiger partial charge in [-0.2, -0.15) is 0 Å². The molecule has 1 saturated heterocycles. The molecule has 0 bridgehead atoms. The van der Waals surface area contributed by atoms with Gasteiger partial charge in [0.2, 0.25) is 14.7 Å². The van der Waals surface area contributed by atoms with Crippen LogP contribution in [-0.4, -0.2) is 122 Å². The van der Waals surface area contributed by atoms with Gasteiger partial charge in [-0.3, -0.25) is 23.8 Å².